The number of rotatable bonds is 5. The molecule has 0 aliphatic rings. The zero-order valence-electron chi connectivity index (χ0n) is 10.7. The molecule has 0 fully saturated rings. The number of benzene rings is 1. The molecular weight excluding hydrogens is 321 g/mol. The SMILES string of the molecule is CN(c1ccc(F)cc1)S(=O)(=O)c1ccc(CCCl)s1. The van der Waals surface area contributed by atoms with E-state index in [2.05, 4.69) is 0 Å². The van der Waals surface area contributed by atoms with Crippen LogP contribution in [0.5, 0.6) is 0 Å². The predicted molar refractivity (Wildman–Crippen MR) is 80.7 cm³/mol. The van der Waals surface area contributed by atoms with Gasteiger partial charge in [0, 0.05) is 17.8 Å². The predicted octanol–water partition coefficient (Wildman–Crippen LogP) is 3.49. The number of alkyl halides is 1. The van der Waals surface area contributed by atoms with E-state index in [0.717, 1.165) is 9.18 Å². The molecule has 3 nitrogen and oxygen atoms in total. The summed E-state index contributed by atoms with van der Waals surface area (Å²) in [6, 6.07) is 8.66. The molecule has 1 aromatic heterocycles. The fourth-order valence-corrected chi connectivity index (χ4v) is 4.69. The van der Waals surface area contributed by atoms with Crippen LogP contribution < -0.4 is 4.31 Å². The highest BCUT2D eigenvalue weighted by molar-refractivity contribution is 7.94. The maximum atomic E-state index is 12.9. The Kier molecular flexibility index (Phi) is 4.67. The average molecular weight is 334 g/mol. The summed E-state index contributed by atoms with van der Waals surface area (Å²) in [6.07, 6.45) is 0.641. The molecule has 0 N–H and O–H groups in total. The smallest absolute Gasteiger partial charge is 0.269 e. The van der Waals surface area contributed by atoms with Crippen molar-refractivity contribution in [3.05, 3.63) is 47.1 Å². The summed E-state index contributed by atoms with van der Waals surface area (Å²) in [6.45, 7) is 0. The van der Waals surface area contributed by atoms with Crippen LogP contribution in [0.4, 0.5) is 10.1 Å². The van der Waals surface area contributed by atoms with Crippen molar-refractivity contribution in [2.24, 2.45) is 0 Å². The Labute approximate surface area is 126 Å². The Morgan fingerprint density at radius 1 is 1.20 bits per heavy atom. The highest BCUT2D eigenvalue weighted by Crippen LogP contribution is 2.28. The molecule has 0 aliphatic carbocycles. The zero-order chi connectivity index (χ0) is 14.8. The lowest BCUT2D eigenvalue weighted by Gasteiger charge is -2.18. The van der Waals surface area contributed by atoms with Gasteiger partial charge in [0.1, 0.15) is 10.0 Å². The first-order chi connectivity index (χ1) is 9.45. The van der Waals surface area contributed by atoms with Gasteiger partial charge in [-0.25, -0.2) is 12.8 Å². The lowest BCUT2D eigenvalue weighted by atomic mass is 10.3. The molecule has 0 radical (unpaired) electrons. The van der Waals surface area contributed by atoms with Crippen molar-refractivity contribution in [2.75, 3.05) is 17.2 Å². The van der Waals surface area contributed by atoms with E-state index in [0.29, 0.717) is 18.0 Å². The summed E-state index contributed by atoms with van der Waals surface area (Å²) in [4.78, 5) is 0.922. The standard InChI is InChI=1S/C13H13ClFNO2S2/c1-16(11-4-2-10(15)3-5-11)20(17,18)13-7-6-12(19-13)8-9-14/h2-7H,8-9H2,1H3. The molecule has 20 heavy (non-hydrogen) atoms. The number of halogens is 2. The molecule has 0 aliphatic heterocycles. The molecule has 2 aromatic rings. The third-order valence-electron chi connectivity index (χ3n) is 2.78. The lowest BCUT2D eigenvalue weighted by molar-refractivity contribution is 0.596. The Balaban J connectivity index is 2.30. The van der Waals surface area contributed by atoms with Crippen LogP contribution in [-0.2, 0) is 16.4 Å². The molecule has 108 valence electrons. The minimum absolute atomic E-state index is 0.254. The van der Waals surface area contributed by atoms with Gasteiger partial charge in [0.2, 0.25) is 0 Å². The molecular formula is C13H13ClFNO2S2. The van der Waals surface area contributed by atoms with Crippen LogP contribution in [0.25, 0.3) is 0 Å². The van der Waals surface area contributed by atoms with E-state index in [4.69, 9.17) is 11.6 Å². The number of hydrogen-bond donors (Lipinski definition) is 0. The van der Waals surface area contributed by atoms with Crippen molar-refractivity contribution in [3.63, 3.8) is 0 Å². The average Bonchev–Trinajstić information content (AvgIpc) is 2.88. The Morgan fingerprint density at radius 3 is 2.45 bits per heavy atom. The fraction of sp³-hybridized carbons (Fsp3) is 0.231. The topological polar surface area (TPSA) is 37.4 Å². The van der Waals surface area contributed by atoms with Crippen LogP contribution in [0.3, 0.4) is 0 Å². The van der Waals surface area contributed by atoms with E-state index in [-0.39, 0.29) is 4.21 Å². The van der Waals surface area contributed by atoms with Gasteiger partial charge in [-0.2, -0.15) is 0 Å². The molecule has 1 aromatic carbocycles. The molecule has 0 bridgehead atoms. The van der Waals surface area contributed by atoms with Gasteiger partial charge in [-0.15, -0.1) is 22.9 Å². The summed E-state index contributed by atoms with van der Waals surface area (Å²) in [5.41, 5.74) is 0.415. The van der Waals surface area contributed by atoms with Crippen molar-refractivity contribution in [3.8, 4) is 0 Å². The maximum absolute atomic E-state index is 12.9. The molecule has 0 saturated carbocycles. The number of sulfonamides is 1. The van der Waals surface area contributed by atoms with E-state index < -0.39 is 15.8 Å². The fourth-order valence-electron chi connectivity index (χ4n) is 1.65. The summed E-state index contributed by atoms with van der Waals surface area (Å²) in [7, 11) is -2.17. The molecule has 2 rings (SSSR count). The highest BCUT2D eigenvalue weighted by Gasteiger charge is 2.23. The normalized spacial score (nSPS) is 11.6. The molecule has 0 unspecified atom stereocenters. The molecule has 0 atom stereocenters. The summed E-state index contributed by atoms with van der Waals surface area (Å²) in [5, 5.41) is 0. The second-order valence-electron chi connectivity index (χ2n) is 4.11. The first kappa shape index (κ1) is 15.3. The lowest BCUT2D eigenvalue weighted by Crippen LogP contribution is -2.25. The van der Waals surface area contributed by atoms with Crippen LogP contribution in [0.15, 0.2) is 40.6 Å². The van der Waals surface area contributed by atoms with E-state index in [1.807, 2.05) is 0 Å². The van der Waals surface area contributed by atoms with Gasteiger partial charge < -0.3 is 0 Å². The summed E-state index contributed by atoms with van der Waals surface area (Å²) >= 11 is 6.85. The second-order valence-corrected chi connectivity index (χ2v) is 7.85. The third-order valence-corrected chi connectivity index (χ3v) is 6.37. The number of thiophene rings is 1. The van der Waals surface area contributed by atoms with Crippen LogP contribution in [0.2, 0.25) is 0 Å². The quantitative estimate of drug-likeness (QED) is 0.785. The van der Waals surface area contributed by atoms with Gasteiger partial charge in [-0.05, 0) is 42.8 Å². The van der Waals surface area contributed by atoms with Crippen molar-refractivity contribution >= 4 is 38.6 Å². The third kappa shape index (κ3) is 3.13. The number of nitrogens with zero attached hydrogens (tertiary/aromatic N) is 1. The minimum Gasteiger partial charge on any atom is -0.269 e. The van der Waals surface area contributed by atoms with E-state index in [1.165, 1.54) is 42.6 Å². The van der Waals surface area contributed by atoms with Crippen molar-refractivity contribution < 1.29 is 12.8 Å². The van der Waals surface area contributed by atoms with Gasteiger partial charge >= 0.3 is 0 Å². The first-order valence-electron chi connectivity index (χ1n) is 5.84. The van der Waals surface area contributed by atoms with Crippen molar-refractivity contribution in [1.82, 2.24) is 0 Å². The summed E-state index contributed by atoms with van der Waals surface area (Å²) < 4.78 is 39.2. The first-order valence-corrected chi connectivity index (χ1v) is 8.63. The van der Waals surface area contributed by atoms with Gasteiger partial charge in [-0.1, -0.05) is 0 Å². The van der Waals surface area contributed by atoms with E-state index in [9.17, 15) is 12.8 Å². The molecule has 0 saturated heterocycles. The minimum atomic E-state index is -3.62. The summed E-state index contributed by atoms with van der Waals surface area (Å²) in [5.74, 6) is 0.0495. The zero-order valence-corrected chi connectivity index (χ0v) is 13.1. The van der Waals surface area contributed by atoms with Gasteiger partial charge in [-0.3, -0.25) is 4.31 Å². The molecule has 7 heteroatoms. The van der Waals surface area contributed by atoms with Gasteiger partial charge in [0.05, 0.1) is 5.69 Å². The van der Waals surface area contributed by atoms with Crippen LogP contribution >= 0.6 is 22.9 Å². The Morgan fingerprint density at radius 2 is 1.85 bits per heavy atom. The van der Waals surface area contributed by atoms with E-state index >= 15 is 0 Å². The second kappa shape index (κ2) is 6.11. The highest BCUT2D eigenvalue weighted by atomic mass is 35.5. The van der Waals surface area contributed by atoms with Crippen LogP contribution in [-0.4, -0.2) is 21.3 Å². The molecule has 0 amide bonds. The van der Waals surface area contributed by atoms with Crippen molar-refractivity contribution in [1.29, 1.82) is 0 Å². The monoisotopic (exact) mass is 333 g/mol. The van der Waals surface area contributed by atoms with Crippen LogP contribution in [0.1, 0.15) is 4.88 Å². The van der Waals surface area contributed by atoms with Crippen LogP contribution in [0, 0.1) is 5.82 Å². The van der Waals surface area contributed by atoms with Gasteiger partial charge in [0.15, 0.2) is 0 Å². The van der Waals surface area contributed by atoms with Gasteiger partial charge in [0.25, 0.3) is 10.0 Å². The number of hydrogen-bond acceptors (Lipinski definition) is 3. The Hall–Kier alpha value is -1.11. The number of aryl methyl sites for hydroxylation is 1. The molecule has 0 spiro atoms. The molecule has 1 heterocycles. The maximum Gasteiger partial charge on any atom is 0.273 e. The van der Waals surface area contributed by atoms with E-state index in [1.54, 1.807) is 12.1 Å². The Bertz CT molecular complexity index is 683. The number of anilines is 1. The largest absolute Gasteiger partial charge is 0.273 e. The van der Waals surface area contributed by atoms with Crippen molar-refractivity contribution in [2.45, 2.75) is 10.6 Å².